The summed E-state index contributed by atoms with van der Waals surface area (Å²) in [5, 5.41) is 9.16. The average Bonchev–Trinajstić information content (AvgIpc) is 3.16. The van der Waals surface area contributed by atoms with Gasteiger partial charge in [-0.3, -0.25) is 4.90 Å². The Morgan fingerprint density at radius 2 is 2.11 bits per heavy atom. The van der Waals surface area contributed by atoms with E-state index in [1.165, 1.54) is 0 Å². The van der Waals surface area contributed by atoms with Crippen molar-refractivity contribution in [2.75, 3.05) is 18.1 Å². The van der Waals surface area contributed by atoms with Gasteiger partial charge in [-0.15, -0.1) is 0 Å². The molecule has 19 heavy (non-hydrogen) atoms. The lowest BCUT2D eigenvalue weighted by Gasteiger charge is -2.20. The molecule has 1 aliphatic heterocycles. The number of rotatable bonds is 3. The highest BCUT2D eigenvalue weighted by Gasteiger charge is 2.45. The molecule has 2 N–H and O–H groups in total. The van der Waals surface area contributed by atoms with Gasteiger partial charge in [-0.25, -0.2) is 4.79 Å². The third-order valence-electron chi connectivity index (χ3n) is 3.90. The summed E-state index contributed by atoms with van der Waals surface area (Å²) >= 11 is 0. The van der Waals surface area contributed by atoms with Gasteiger partial charge in [0.25, 0.3) is 0 Å². The van der Waals surface area contributed by atoms with Crippen molar-refractivity contribution in [1.29, 1.82) is 5.26 Å². The number of hydrogen-bond acceptors (Lipinski definition) is 4. The van der Waals surface area contributed by atoms with Crippen molar-refractivity contribution < 1.29 is 9.53 Å². The number of cyclic esters (lactones) is 1. The average molecular weight is 257 g/mol. The van der Waals surface area contributed by atoms with Crippen LogP contribution in [0.15, 0.2) is 24.3 Å². The van der Waals surface area contributed by atoms with Gasteiger partial charge < -0.3 is 10.5 Å². The van der Waals surface area contributed by atoms with Crippen molar-refractivity contribution in [3.8, 4) is 6.07 Å². The molecule has 5 heteroatoms. The number of anilines is 1. The van der Waals surface area contributed by atoms with Crippen LogP contribution in [0, 0.1) is 11.3 Å². The van der Waals surface area contributed by atoms with Gasteiger partial charge in [-0.2, -0.15) is 5.26 Å². The first-order valence-electron chi connectivity index (χ1n) is 6.38. The molecule has 1 unspecified atom stereocenters. The highest BCUT2D eigenvalue weighted by atomic mass is 16.6. The molecule has 1 saturated carbocycles. The van der Waals surface area contributed by atoms with Crippen molar-refractivity contribution in [3.05, 3.63) is 29.8 Å². The Labute approximate surface area is 111 Å². The van der Waals surface area contributed by atoms with Gasteiger partial charge in [0, 0.05) is 12.2 Å². The predicted molar refractivity (Wildman–Crippen MR) is 69.6 cm³/mol. The fourth-order valence-corrected chi connectivity index (χ4v) is 2.48. The summed E-state index contributed by atoms with van der Waals surface area (Å²) in [6.07, 6.45) is 1.48. The van der Waals surface area contributed by atoms with E-state index in [0.29, 0.717) is 13.2 Å². The van der Waals surface area contributed by atoms with Crippen LogP contribution in [0.4, 0.5) is 10.5 Å². The largest absolute Gasteiger partial charge is 0.447 e. The first-order chi connectivity index (χ1) is 9.20. The summed E-state index contributed by atoms with van der Waals surface area (Å²) in [7, 11) is 0. The number of hydrogen-bond donors (Lipinski definition) is 1. The Morgan fingerprint density at radius 1 is 1.42 bits per heavy atom. The number of nitrogens with two attached hydrogens (primary N) is 1. The maximum absolute atomic E-state index is 11.7. The van der Waals surface area contributed by atoms with Crippen LogP contribution >= 0.6 is 0 Å². The standard InChI is InChI=1S/C14H15N3O2/c15-7-12-8-19-13(18)17(12)11-3-1-10(2-4-11)14(9-16)5-6-14/h1-4,12H,5-8,15H2. The summed E-state index contributed by atoms with van der Waals surface area (Å²) in [5.41, 5.74) is 7.14. The zero-order valence-electron chi connectivity index (χ0n) is 10.5. The molecule has 1 amide bonds. The summed E-state index contributed by atoms with van der Waals surface area (Å²) < 4.78 is 5.01. The molecule has 98 valence electrons. The molecule has 1 saturated heterocycles. The molecule has 1 aromatic carbocycles. The normalized spacial score (nSPS) is 23.9. The molecule has 2 aliphatic rings. The minimum Gasteiger partial charge on any atom is -0.447 e. The van der Waals surface area contributed by atoms with E-state index in [0.717, 1.165) is 24.1 Å². The molecular weight excluding hydrogens is 242 g/mol. The van der Waals surface area contributed by atoms with Crippen molar-refractivity contribution >= 4 is 11.8 Å². The van der Waals surface area contributed by atoms with Crippen LogP contribution in [0.3, 0.4) is 0 Å². The Morgan fingerprint density at radius 3 is 2.63 bits per heavy atom. The van der Waals surface area contributed by atoms with Crippen molar-refractivity contribution in [2.45, 2.75) is 24.3 Å². The molecule has 1 aromatic rings. The lowest BCUT2D eigenvalue weighted by molar-refractivity contribution is 0.179. The van der Waals surface area contributed by atoms with E-state index in [1.54, 1.807) is 4.90 Å². The zero-order valence-corrected chi connectivity index (χ0v) is 10.5. The summed E-state index contributed by atoms with van der Waals surface area (Å²) in [6, 6.07) is 9.82. The summed E-state index contributed by atoms with van der Waals surface area (Å²) in [5.74, 6) is 0. The fourth-order valence-electron chi connectivity index (χ4n) is 2.48. The Hall–Kier alpha value is -2.06. The molecule has 1 atom stereocenters. The highest BCUT2D eigenvalue weighted by molar-refractivity contribution is 5.90. The number of nitrogens with zero attached hydrogens (tertiary/aromatic N) is 2. The minimum absolute atomic E-state index is 0.107. The summed E-state index contributed by atoms with van der Waals surface area (Å²) in [4.78, 5) is 13.3. The van der Waals surface area contributed by atoms with Gasteiger partial charge in [-0.1, -0.05) is 12.1 Å². The monoisotopic (exact) mass is 257 g/mol. The van der Waals surface area contributed by atoms with Crippen LogP contribution in [0.2, 0.25) is 0 Å². The van der Waals surface area contributed by atoms with E-state index in [2.05, 4.69) is 6.07 Å². The number of carbonyl (C=O) groups excluding carboxylic acids is 1. The van der Waals surface area contributed by atoms with Crippen molar-refractivity contribution in [2.24, 2.45) is 5.73 Å². The van der Waals surface area contributed by atoms with Crippen LogP contribution in [0.5, 0.6) is 0 Å². The highest BCUT2D eigenvalue weighted by Crippen LogP contribution is 2.47. The zero-order chi connectivity index (χ0) is 13.5. The second-order valence-electron chi connectivity index (χ2n) is 5.08. The summed E-state index contributed by atoms with van der Waals surface area (Å²) in [6.45, 7) is 0.703. The van der Waals surface area contributed by atoms with Crippen LogP contribution in [0.1, 0.15) is 18.4 Å². The first kappa shape index (κ1) is 12.0. The third-order valence-corrected chi connectivity index (χ3v) is 3.90. The second kappa shape index (κ2) is 4.25. The molecular formula is C14H15N3O2. The third kappa shape index (κ3) is 1.85. The van der Waals surface area contributed by atoms with Crippen LogP contribution < -0.4 is 10.6 Å². The molecule has 0 radical (unpaired) electrons. The smallest absolute Gasteiger partial charge is 0.414 e. The maximum atomic E-state index is 11.7. The van der Waals surface area contributed by atoms with Crippen LogP contribution in [-0.4, -0.2) is 25.3 Å². The molecule has 0 bridgehead atoms. The van der Waals surface area contributed by atoms with Crippen LogP contribution in [-0.2, 0) is 10.2 Å². The lowest BCUT2D eigenvalue weighted by atomic mass is 9.97. The van der Waals surface area contributed by atoms with Crippen molar-refractivity contribution in [3.63, 3.8) is 0 Å². The van der Waals surface area contributed by atoms with E-state index in [1.807, 2.05) is 24.3 Å². The van der Waals surface area contributed by atoms with E-state index in [4.69, 9.17) is 15.7 Å². The molecule has 1 heterocycles. The van der Waals surface area contributed by atoms with Gasteiger partial charge in [0.05, 0.1) is 17.5 Å². The Bertz CT molecular complexity index is 543. The first-order valence-corrected chi connectivity index (χ1v) is 6.38. The van der Waals surface area contributed by atoms with Gasteiger partial charge >= 0.3 is 6.09 Å². The van der Waals surface area contributed by atoms with Gasteiger partial charge in [0.2, 0.25) is 0 Å². The number of nitriles is 1. The molecule has 2 fully saturated rings. The van der Waals surface area contributed by atoms with E-state index >= 15 is 0 Å². The SMILES string of the molecule is N#CC1(c2ccc(N3C(=O)OCC3CN)cc2)CC1. The van der Waals surface area contributed by atoms with E-state index in [-0.39, 0.29) is 17.6 Å². The Kier molecular flexibility index (Phi) is 2.68. The molecule has 1 aliphatic carbocycles. The van der Waals surface area contributed by atoms with E-state index in [9.17, 15) is 4.79 Å². The predicted octanol–water partition coefficient (Wildman–Crippen LogP) is 1.53. The molecule has 3 rings (SSSR count). The number of carbonyl (C=O) groups is 1. The lowest BCUT2D eigenvalue weighted by Crippen LogP contribution is -2.38. The van der Waals surface area contributed by atoms with Gasteiger partial charge in [0.1, 0.15) is 6.61 Å². The quantitative estimate of drug-likeness (QED) is 0.890. The number of amides is 1. The second-order valence-corrected chi connectivity index (χ2v) is 5.08. The van der Waals surface area contributed by atoms with E-state index < -0.39 is 0 Å². The van der Waals surface area contributed by atoms with Crippen molar-refractivity contribution in [1.82, 2.24) is 0 Å². The van der Waals surface area contributed by atoms with Gasteiger partial charge in [-0.05, 0) is 30.5 Å². The Balaban J connectivity index is 1.87. The molecule has 0 aromatic heterocycles. The van der Waals surface area contributed by atoms with Crippen LogP contribution in [0.25, 0.3) is 0 Å². The topological polar surface area (TPSA) is 79.3 Å². The fraction of sp³-hybridized carbons (Fsp3) is 0.429. The molecule has 0 spiro atoms. The van der Waals surface area contributed by atoms with Gasteiger partial charge in [0.15, 0.2) is 0 Å². The number of benzene rings is 1. The molecule has 5 nitrogen and oxygen atoms in total. The number of ether oxygens (including phenoxy) is 1. The maximum Gasteiger partial charge on any atom is 0.414 e. The minimum atomic E-state index is -0.357.